The molecule has 0 rings (SSSR count). The molecule has 0 spiro atoms. The Labute approximate surface area is 221 Å². The first-order chi connectivity index (χ1) is 18.1. The van der Waals surface area contributed by atoms with Gasteiger partial charge in [0.15, 0.2) is 0 Å². The van der Waals surface area contributed by atoms with Gasteiger partial charge in [0.2, 0.25) is 5.91 Å². The minimum atomic E-state index is -0.982. The van der Waals surface area contributed by atoms with Gasteiger partial charge in [-0.05, 0) is 12.8 Å². The molecule has 0 aromatic heterocycles. The average molecular weight is 536 g/mol. The highest BCUT2D eigenvalue weighted by Gasteiger charge is 2.04. The van der Waals surface area contributed by atoms with Crippen LogP contribution in [0.25, 0.3) is 0 Å². The van der Waals surface area contributed by atoms with Gasteiger partial charge in [-0.3, -0.25) is 14.4 Å². The predicted molar refractivity (Wildman–Crippen MR) is 138 cm³/mol. The molecule has 0 radical (unpaired) electrons. The van der Waals surface area contributed by atoms with Crippen LogP contribution in [0.15, 0.2) is 0 Å². The Morgan fingerprint density at radius 2 is 1.05 bits per heavy atom. The Bertz CT molecular complexity index is 547. The first-order valence-electron chi connectivity index (χ1n) is 13.6. The number of rotatable bonds is 29. The van der Waals surface area contributed by atoms with Crippen molar-refractivity contribution in [1.29, 1.82) is 0 Å². The molecule has 0 saturated heterocycles. The maximum absolute atomic E-state index is 11.6. The number of unbranched alkanes of at least 4 members (excludes halogenated alkanes) is 5. The molecule has 11 nitrogen and oxygen atoms in total. The van der Waals surface area contributed by atoms with Crippen molar-refractivity contribution in [1.82, 2.24) is 5.32 Å². The van der Waals surface area contributed by atoms with Crippen molar-refractivity contribution in [2.75, 3.05) is 79.2 Å². The smallest absolute Gasteiger partial charge is 0.305 e. The van der Waals surface area contributed by atoms with Gasteiger partial charge in [-0.15, -0.1) is 0 Å². The number of carboxylic acid groups (broad SMARTS) is 1. The van der Waals surface area contributed by atoms with Gasteiger partial charge in [-0.2, -0.15) is 0 Å². The van der Waals surface area contributed by atoms with E-state index < -0.39 is 5.97 Å². The molecule has 0 aromatic rings. The maximum atomic E-state index is 11.6. The van der Waals surface area contributed by atoms with E-state index in [1.807, 2.05) is 0 Å². The van der Waals surface area contributed by atoms with Crippen molar-refractivity contribution >= 4 is 17.8 Å². The third-order valence-corrected chi connectivity index (χ3v) is 5.07. The van der Waals surface area contributed by atoms with Gasteiger partial charge in [-0.1, -0.05) is 39.0 Å². The molecule has 1 amide bonds. The fourth-order valence-electron chi connectivity index (χ4n) is 3.03. The number of hydrogen-bond acceptors (Lipinski definition) is 9. The Kier molecular flexibility index (Phi) is 27.4. The molecule has 2 N–H and O–H groups in total. The zero-order valence-corrected chi connectivity index (χ0v) is 22.7. The highest BCUT2D eigenvalue weighted by molar-refractivity contribution is 5.80. The van der Waals surface area contributed by atoms with E-state index in [4.69, 9.17) is 33.5 Å². The largest absolute Gasteiger partial charge is 0.481 e. The van der Waals surface area contributed by atoms with Crippen LogP contribution in [0.5, 0.6) is 0 Å². The summed E-state index contributed by atoms with van der Waals surface area (Å²) >= 11 is 0. The van der Waals surface area contributed by atoms with Crippen LogP contribution in [-0.2, 0) is 42.8 Å². The summed E-state index contributed by atoms with van der Waals surface area (Å²) in [6, 6.07) is 0. The SMILES string of the molecule is CCCCCCCCC(=O)OCCOCCOCCOCCOCCOCCCNC(=O)CCC(=O)O. The molecule has 0 saturated carbocycles. The standard InChI is InChI=1S/C26H49NO10/c1-2-3-4-5-6-7-9-26(31)37-23-22-36-21-20-35-19-18-34-17-16-33-15-14-32-13-8-12-27-24(28)10-11-25(29)30/h2-23H2,1H3,(H,27,28)(H,29,30). The van der Waals surface area contributed by atoms with Crippen LogP contribution in [-0.4, -0.2) is 102 Å². The lowest BCUT2D eigenvalue weighted by atomic mass is 10.1. The van der Waals surface area contributed by atoms with E-state index in [9.17, 15) is 14.4 Å². The summed E-state index contributed by atoms with van der Waals surface area (Å²) < 4.78 is 32.2. The monoisotopic (exact) mass is 535 g/mol. The third kappa shape index (κ3) is 30.3. The summed E-state index contributed by atoms with van der Waals surface area (Å²) in [5.74, 6) is -1.40. The van der Waals surface area contributed by atoms with Crippen LogP contribution in [0.3, 0.4) is 0 Å². The summed E-state index contributed by atoms with van der Waals surface area (Å²) in [5, 5.41) is 11.1. The molecule has 0 aromatic carbocycles. The number of esters is 1. The maximum Gasteiger partial charge on any atom is 0.305 e. The normalized spacial score (nSPS) is 10.9. The van der Waals surface area contributed by atoms with Crippen LogP contribution < -0.4 is 5.32 Å². The minimum Gasteiger partial charge on any atom is -0.481 e. The Morgan fingerprint density at radius 3 is 1.59 bits per heavy atom. The zero-order valence-electron chi connectivity index (χ0n) is 22.7. The van der Waals surface area contributed by atoms with E-state index in [0.717, 1.165) is 12.8 Å². The van der Waals surface area contributed by atoms with Crippen LogP contribution >= 0.6 is 0 Å². The highest BCUT2D eigenvalue weighted by Crippen LogP contribution is 2.07. The Morgan fingerprint density at radius 1 is 0.568 bits per heavy atom. The molecule has 0 bridgehead atoms. The van der Waals surface area contributed by atoms with Crippen molar-refractivity contribution < 1.29 is 47.9 Å². The van der Waals surface area contributed by atoms with E-state index in [1.165, 1.54) is 25.7 Å². The van der Waals surface area contributed by atoms with Gasteiger partial charge in [0.05, 0.1) is 65.9 Å². The summed E-state index contributed by atoms with van der Waals surface area (Å²) in [6.07, 6.45) is 7.86. The Balaban J connectivity index is 3.16. The summed E-state index contributed by atoms with van der Waals surface area (Å²) in [5.41, 5.74) is 0. The van der Waals surface area contributed by atoms with Crippen molar-refractivity contribution in [3.05, 3.63) is 0 Å². The lowest BCUT2D eigenvalue weighted by molar-refractivity contribution is -0.145. The highest BCUT2D eigenvalue weighted by atomic mass is 16.6. The molecule has 0 atom stereocenters. The second-order valence-electron chi connectivity index (χ2n) is 8.40. The minimum absolute atomic E-state index is 0.00793. The number of nitrogens with one attached hydrogen (secondary N) is 1. The van der Waals surface area contributed by atoms with E-state index in [1.54, 1.807) is 0 Å². The van der Waals surface area contributed by atoms with Crippen LogP contribution in [0.2, 0.25) is 0 Å². The lowest BCUT2D eigenvalue weighted by Gasteiger charge is -2.08. The fraction of sp³-hybridized carbons (Fsp3) is 0.885. The topological polar surface area (TPSA) is 139 Å². The predicted octanol–water partition coefficient (Wildman–Crippen LogP) is 2.73. The van der Waals surface area contributed by atoms with E-state index in [0.29, 0.717) is 85.5 Å². The van der Waals surface area contributed by atoms with Gasteiger partial charge in [0.25, 0.3) is 0 Å². The third-order valence-electron chi connectivity index (χ3n) is 5.07. The fourth-order valence-corrected chi connectivity index (χ4v) is 3.03. The van der Waals surface area contributed by atoms with E-state index in [-0.39, 0.29) is 31.3 Å². The first-order valence-corrected chi connectivity index (χ1v) is 13.6. The van der Waals surface area contributed by atoms with Gasteiger partial charge < -0.3 is 38.8 Å². The number of carbonyl (C=O) groups excluding carboxylic acids is 2. The van der Waals surface area contributed by atoms with Crippen molar-refractivity contribution in [3.8, 4) is 0 Å². The van der Waals surface area contributed by atoms with Crippen molar-refractivity contribution in [2.45, 2.75) is 71.1 Å². The molecule has 218 valence electrons. The molecular formula is C26H49NO10. The van der Waals surface area contributed by atoms with E-state index in [2.05, 4.69) is 12.2 Å². The number of ether oxygens (including phenoxy) is 6. The molecule has 37 heavy (non-hydrogen) atoms. The van der Waals surface area contributed by atoms with Crippen molar-refractivity contribution in [3.63, 3.8) is 0 Å². The van der Waals surface area contributed by atoms with E-state index >= 15 is 0 Å². The summed E-state index contributed by atoms with van der Waals surface area (Å²) in [7, 11) is 0. The lowest BCUT2D eigenvalue weighted by Crippen LogP contribution is -2.25. The number of amides is 1. The summed E-state index contributed by atoms with van der Waals surface area (Å²) in [6.45, 7) is 7.44. The number of carbonyl (C=O) groups is 3. The Hall–Kier alpha value is -1.79. The van der Waals surface area contributed by atoms with Crippen LogP contribution in [0.4, 0.5) is 0 Å². The number of hydrogen-bond donors (Lipinski definition) is 2. The number of carboxylic acids is 1. The molecular weight excluding hydrogens is 486 g/mol. The molecule has 0 heterocycles. The summed E-state index contributed by atoms with van der Waals surface area (Å²) in [4.78, 5) is 33.3. The van der Waals surface area contributed by atoms with Crippen LogP contribution in [0.1, 0.15) is 71.1 Å². The molecule has 0 aliphatic heterocycles. The molecule has 11 heteroatoms. The second kappa shape index (κ2) is 28.8. The second-order valence-corrected chi connectivity index (χ2v) is 8.40. The van der Waals surface area contributed by atoms with Gasteiger partial charge in [0, 0.05) is 26.0 Å². The molecule has 0 aliphatic rings. The quantitative estimate of drug-likeness (QED) is 0.109. The molecule has 0 fully saturated rings. The zero-order chi connectivity index (χ0) is 27.2. The molecule has 0 aliphatic carbocycles. The van der Waals surface area contributed by atoms with Gasteiger partial charge in [-0.25, -0.2) is 0 Å². The van der Waals surface area contributed by atoms with Crippen molar-refractivity contribution in [2.24, 2.45) is 0 Å². The average Bonchev–Trinajstić information content (AvgIpc) is 2.88. The van der Waals surface area contributed by atoms with Gasteiger partial charge >= 0.3 is 11.9 Å². The van der Waals surface area contributed by atoms with Crippen LogP contribution in [0, 0.1) is 0 Å². The van der Waals surface area contributed by atoms with Gasteiger partial charge in [0.1, 0.15) is 6.61 Å². The first kappa shape index (κ1) is 35.2. The molecule has 0 unspecified atom stereocenters. The number of aliphatic carboxylic acids is 1.